The van der Waals surface area contributed by atoms with Gasteiger partial charge in [0.05, 0.1) is 56.6 Å². The van der Waals surface area contributed by atoms with Crippen molar-refractivity contribution in [3.63, 3.8) is 0 Å². The maximum Gasteiger partial charge on any atom is 0.416 e. The number of sulfone groups is 1. The molecule has 656 valence electrons. The van der Waals surface area contributed by atoms with Crippen molar-refractivity contribution < 1.29 is 93.7 Å². The fourth-order valence-corrected chi connectivity index (χ4v) is 24.3. The van der Waals surface area contributed by atoms with E-state index in [1.165, 1.54) is 85.7 Å². The van der Waals surface area contributed by atoms with E-state index in [1.54, 1.807) is 108 Å². The van der Waals surface area contributed by atoms with Crippen LogP contribution in [0.2, 0.25) is 0 Å². The van der Waals surface area contributed by atoms with Crippen molar-refractivity contribution in [2.24, 2.45) is 5.41 Å². The van der Waals surface area contributed by atoms with Crippen LogP contribution in [0.4, 0.5) is 68.5 Å². The van der Waals surface area contributed by atoms with Crippen molar-refractivity contribution in [2.75, 3.05) is 74.5 Å². The molecule has 0 bridgehead atoms. The predicted molar refractivity (Wildman–Crippen MR) is 439 cm³/mol. The molecule has 6 aromatic heterocycles. The molecule has 24 nitrogen and oxygen atoms in total. The van der Waals surface area contributed by atoms with E-state index in [-0.39, 0.29) is 107 Å². The molecule has 5 amide bonds. The first kappa shape index (κ1) is 87.0. The Morgan fingerprint density at radius 1 is 0.429 bits per heavy atom. The van der Waals surface area contributed by atoms with E-state index in [0.717, 1.165) is 50.2 Å². The molecule has 5 atom stereocenters. The number of fused-ring (bicyclic) bond motifs is 2. The Bertz CT molecular complexity index is 6240. The molecule has 2 N–H and O–H groups in total. The maximum atomic E-state index is 14.0. The molecule has 5 saturated heterocycles. The number of piperidine rings is 1. The second-order valence-corrected chi connectivity index (χ2v) is 37.9. The molecule has 0 saturated carbocycles. The third kappa shape index (κ3) is 16.6. The Kier molecular flexibility index (Phi) is 22.2. The molecular formula is C87H77F13N16O8S2. The molecule has 126 heavy (non-hydrogen) atoms. The fourth-order valence-electron chi connectivity index (χ4n) is 17.5. The predicted octanol–water partition coefficient (Wildman–Crippen LogP) is 14.8. The standard InChI is InChI=1S/C32H29F5N6O2.C31H25F5N6O2.C24H23F3N4O4S2/c1-18-16-41(28-24-9-6-22(31(3,33)34)14-25(24)39-29(28)44)17-19(2)42(18)30(45)26-15-27(20-10-12-38-13-11-20)43(40-26)23-7-4-21(5-8-23)32(35,36)37;1-29(32,33)20-4-7-22-23(12-20)38-27(43)26(22)40-14-30(15-40)16-41(17-30)28(44)24-13-25(18-8-10-37-11-9-18)42(39-24)21-5-2-19(3-6-21)31(34,35)36;1-36(33)14-15-37(34,35)23(36)8-12-30(13-9-23)22(32)20-16-21(17-6-10-28-11-7-17)31(29-20)19-4-2-18(3-5-19)24(25,26)27/h4-15,18-19,28H,16-17H2,1-3H3,(H,39,44);2-13,26H,14-17H2,1H3,(H,38,43);2-7,10-11,16H,1,8-9,12-15H2/t18-,19+,28?;;. The van der Waals surface area contributed by atoms with E-state index < -0.39 is 88.5 Å². The van der Waals surface area contributed by atoms with Crippen molar-refractivity contribution in [3.8, 4) is 50.8 Å². The highest BCUT2D eigenvalue weighted by atomic mass is 32.3. The highest BCUT2D eigenvalue weighted by molar-refractivity contribution is 8.17. The quantitative estimate of drug-likeness (QED) is 0.0802. The van der Waals surface area contributed by atoms with Gasteiger partial charge in [-0.2, -0.15) is 54.8 Å². The Balaban J connectivity index is 0.000000140. The average molecular weight is 1790 g/mol. The Morgan fingerprint density at radius 2 is 0.762 bits per heavy atom. The zero-order valence-corrected chi connectivity index (χ0v) is 68.9. The van der Waals surface area contributed by atoms with Crippen LogP contribution >= 0.6 is 0 Å². The number of anilines is 2. The number of benzene rings is 5. The summed E-state index contributed by atoms with van der Waals surface area (Å²) in [5.74, 6) is -4.22. The van der Waals surface area contributed by atoms with Crippen LogP contribution in [0.1, 0.15) is 123 Å². The summed E-state index contributed by atoms with van der Waals surface area (Å²) in [5, 5.41) is 18.9. The van der Waals surface area contributed by atoms with Gasteiger partial charge in [0.1, 0.15) is 16.2 Å². The van der Waals surface area contributed by atoms with Crippen LogP contribution in [-0.2, 0) is 59.3 Å². The van der Waals surface area contributed by atoms with Crippen molar-refractivity contribution in [3.05, 3.63) is 257 Å². The summed E-state index contributed by atoms with van der Waals surface area (Å²) in [5.41, 5.74) is 3.85. The van der Waals surface area contributed by atoms with Gasteiger partial charge in [0.2, 0.25) is 11.8 Å². The first-order chi connectivity index (χ1) is 59.4. The molecule has 5 aromatic carbocycles. The molecule has 11 aromatic rings. The summed E-state index contributed by atoms with van der Waals surface area (Å²) >= 11 is 0. The number of halogens is 13. The molecule has 7 aliphatic rings. The van der Waals surface area contributed by atoms with Crippen LogP contribution in [0.5, 0.6) is 0 Å². The summed E-state index contributed by atoms with van der Waals surface area (Å²) in [7, 11) is -6.45. The van der Waals surface area contributed by atoms with Crippen LogP contribution in [0.15, 0.2) is 201 Å². The Morgan fingerprint density at radius 3 is 1.10 bits per heavy atom. The monoisotopic (exact) mass is 1780 g/mol. The second kappa shape index (κ2) is 32.2. The molecule has 7 aliphatic heterocycles. The largest absolute Gasteiger partial charge is 0.416 e. The lowest BCUT2D eigenvalue weighted by atomic mass is 9.71. The maximum absolute atomic E-state index is 14.0. The Labute approximate surface area is 712 Å². The van der Waals surface area contributed by atoms with E-state index in [9.17, 15) is 93.7 Å². The number of pyridine rings is 3. The molecule has 5 fully saturated rings. The second-order valence-electron chi connectivity index (χ2n) is 32.5. The number of hydrogen-bond acceptors (Lipinski definition) is 16. The number of likely N-dealkylation sites (tertiary alicyclic amines) is 3. The first-order valence-corrected chi connectivity index (χ1v) is 43.1. The lowest BCUT2D eigenvalue weighted by Crippen LogP contribution is -2.73. The van der Waals surface area contributed by atoms with E-state index >= 15 is 0 Å². The first-order valence-electron chi connectivity index (χ1n) is 39.5. The van der Waals surface area contributed by atoms with Gasteiger partial charge in [0, 0.05) is 177 Å². The number of amides is 5. The number of rotatable bonds is 13. The number of carbonyl (C=O) groups is 5. The topological polar surface area (TPSA) is 269 Å². The van der Waals surface area contributed by atoms with E-state index in [4.69, 9.17) is 0 Å². The molecule has 18 rings (SSSR count). The summed E-state index contributed by atoms with van der Waals surface area (Å²) in [6.07, 6.45) is -4.05. The van der Waals surface area contributed by atoms with Crippen molar-refractivity contribution in [1.82, 2.24) is 68.8 Å². The fraction of sp³-hybridized carbons (Fsp3) is 0.310. The van der Waals surface area contributed by atoms with Crippen molar-refractivity contribution in [2.45, 2.75) is 99.2 Å². The minimum Gasteiger partial charge on any atom is -0.337 e. The van der Waals surface area contributed by atoms with E-state index in [2.05, 4.69) is 46.8 Å². The SMILES string of the molecule is C=S1(=O)CCS(=O)(=O)C12CCN(C(=O)c1cc(-c3ccncc3)n(-c3ccc(C(F)(F)F)cc3)n1)CC2.CC(F)(F)c1ccc2c(c1)NC(=O)C2N1CC2(CN(C(=O)c3cc(-c4ccncc4)n(-c4ccc(C(F)(F)F)cc4)n3)C2)C1.C[C@@H]1CN(C2C(=O)Nc3cc(C(C)(F)F)ccc32)C[C@H](C)N1C(=O)c1cc(-c2ccncc2)n(-c2ccc(C(F)(F)F)cc2)n1. The van der Waals surface area contributed by atoms with Crippen LogP contribution in [0, 0.1) is 5.41 Å². The third-order valence-corrected chi connectivity index (χ3v) is 30.7. The molecule has 3 unspecified atom stereocenters. The molecule has 0 aliphatic carbocycles. The summed E-state index contributed by atoms with van der Waals surface area (Å²) in [6.45, 7) is 8.13. The number of hydrogen-bond donors (Lipinski definition) is 2. The van der Waals surface area contributed by atoms with Gasteiger partial charge < -0.3 is 25.3 Å². The number of piperazine rings is 1. The highest BCUT2D eigenvalue weighted by Gasteiger charge is 2.59. The minimum absolute atomic E-state index is 0.0239. The smallest absolute Gasteiger partial charge is 0.337 e. The van der Waals surface area contributed by atoms with Crippen molar-refractivity contribution in [1.29, 1.82) is 0 Å². The van der Waals surface area contributed by atoms with Gasteiger partial charge in [-0.25, -0.2) is 40.0 Å². The zero-order chi connectivity index (χ0) is 89.9. The number of nitrogens with one attached hydrogen (secondary N) is 2. The molecule has 39 heteroatoms. The lowest BCUT2D eigenvalue weighted by molar-refractivity contribution is -0.139. The number of alkyl halides is 13. The summed E-state index contributed by atoms with van der Waals surface area (Å²) in [6, 6.07) is 34.9. The third-order valence-electron chi connectivity index (χ3n) is 23.8. The van der Waals surface area contributed by atoms with Crippen LogP contribution in [0.3, 0.4) is 0 Å². The molecule has 0 radical (unpaired) electrons. The Hall–Kier alpha value is -12.5. The van der Waals surface area contributed by atoms with Crippen LogP contribution in [0.25, 0.3) is 50.8 Å². The minimum atomic E-state index is -4.50. The van der Waals surface area contributed by atoms with Gasteiger partial charge in [-0.3, -0.25) is 52.9 Å². The lowest BCUT2D eigenvalue weighted by Gasteiger charge is -2.61. The van der Waals surface area contributed by atoms with Gasteiger partial charge in [0.25, 0.3) is 29.6 Å². The summed E-state index contributed by atoms with van der Waals surface area (Å²) < 4.78 is 215. The van der Waals surface area contributed by atoms with Gasteiger partial charge in [0.15, 0.2) is 26.9 Å². The molecular weight excluding hydrogens is 1710 g/mol. The highest BCUT2D eigenvalue weighted by Crippen LogP contribution is 2.50. The van der Waals surface area contributed by atoms with Crippen LogP contribution in [-0.4, -0.2) is 197 Å². The van der Waals surface area contributed by atoms with Crippen LogP contribution < -0.4 is 10.6 Å². The van der Waals surface area contributed by atoms with Gasteiger partial charge >= 0.3 is 18.5 Å². The summed E-state index contributed by atoms with van der Waals surface area (Å²) in [4.78, 5) is 87.4. The number of carbonyl (C=O) groups excluding carboxylic acids is 5. The zero-order valence-electron chi connectivity index (χ0n) is 67.3. The normalized spacial score (nSPS) is 20.8. The van der Waals surface area contributed by atoms with E-state index in [1.807, 2.05) is 23.6 Å². The van der Waals surface area contributed by atoms with Gasteiger partial charge in [-0.15, -0.1) is 0 Å². The molecule has 2 spiro atoms. The van der Waals surface area contributed by atoms with Gasteiger partial charge in [-0.1, -0.05) is 24.3 Å². The van der Waals surface area contributed by atoms with Crippen molar-refractivity contribution >= 4 is 66.1 Å². The molecule has 13 heterocycles. The van der Waals surface area contributed by atoms with E-state index in [0.29, 0.717) is 113 Å². The average Bonchev–Trinajstić information content (AvgIpc) is 1.22. The number of aromatic nitrogens is 9. The van der Waals surface area contributed by atoms with Gasteiger partial charge in [-0.05, 0) is 182 Å². The number of nitrogens with zero attached hydrogens (tertiary/aromatic N) is 14.